The van der Waals surface area contributed by atoms with Gasteiger partial charge in [0, 0.05) is 60.7 Å². The number of fused-ring (bicyclic) bond motifs is 1. The number of nitrogens with zero attached hydrogens (tertiary/aromatic N) is 2. The van der Waals surface area contributed by atoms with Crippen LogP contribution in [0, 0.1) is 13.8 Å². The average Bonchev–Trinajstić information content (AvgIpc) is 3.40. The van der Waals surface area contributed by atoms with Crippen molar-refractivity contribution in [3.63, 3.8) is 0 Å². The van der Waals surface area contributed by atoms with Gasteiger partial charge in [0.25, 0.3) is 5.91 Å². The number of ketones is 1. The molecule has 0 spiro atoms. The van der Waals surface area contributed by atoms with Gasteiger partial charge in [0.2, 0.25) is 0 Å². The number of nitrogens with one attached hydrogen (secondary N) is 2. The van der Waals surface area contributed by atoms with Gasteiger partial charge in [-0.15, -0.1) is 0 Å². The third-order valence-electron chi connectivity index (χ3n) is 6.11. The highest BCUT2D eigenvalue weighted by molar-refractivity contribution is 6.09. The van der Waals surface area contributed by atoms with Crippen molar-refractivity contribution >= 4 is 28.6 Å². The Morgan fingerprint density at radius 3 is 2.75 bits per heavy atom. The molecule has 0 aliphatic carbocycles. The predicted molar refractivity (Wildman–Crippen MR) is 121 cm³/mol. The molecule has 168 valence electrons. The summed E-state index contributed by atoms with van der Waals surface area (Å²) in [5, 5.41) is 3.75. The fraction of sp³-hybridized carbons (Fsp3) is 0.375. The second-order valence-corrected chi connectivity index (χ2v) is 8.20. The lowest BCUT2D eigenvalue weighted by molar-refractivity contribution is -0.127. The number of carbonyl (C=O) groups is 3. The Balaban J connectivity index is 1.45. The van der Waals surface area contributed by atoms with Crippen LogP contribution in [-0.4, -0.2) is 58.5 Å². The first-order valence-corrected chi connectivity index (χ1v) is 10.8. The van der Waals surface area contributed by atoms with E-state index in [2.05, 4.69) is 14.9 Å². The smallest absolute Gasteiger partial charge is 0.325 e. The molecule has 4 rings (SSSR count). The number of H-pyrrole nitrogens is 1. The van der Waals surface area contributed by atoms with Gasteiger partial charge >= 0.3 is 6.03 Å². The maximum Gasteiger partial charge on any atom is 0.325 e. The summed E-state index contributed by atoms with van der Waals surface area (Å²) in [6, 6.07) is 8.43. The quantitative estimate of drug-likeness (QED) is 0.306. The Morgan fingerprint density at radius 1 is 1.19 bits per heavy atom. The molecule has 1 fully saturated rings. The zero-order valence-corrected chi connectivity index (χ0v) is 18.6. The normalized spacial score (nSPS) is 16.2. The highest BCUT2D eigenvalue weighted by Gasteiger charge is 2.39. The number of amides is 3. The lowest BCUT2D eigenvalue weighted by Crippen LogP contribution is -2.36. The van der Waals surface area contributed by atoms with Gasteiger partial charge in [-0.25, -0.2) is 4.79 Å². The SMILES string of the molecule is COCCCn1c(C)cc(C(=O)CN2C(=O)N[C@H](Cc3c[nH]c4ccccc34)C2=O)c1C. The number of aromatic amines is 1. The molecule has 1 aromatic carbocycles. The number of benzene rings is 1. The van der Waals surface area contributed by atoms with Gasteiger partial charge in [-0.2, -0.15) is 0 Å². The minimum absolute atomic E-state index is 0.243. The highest BCUT2D eigenvalue weighted by atomic mass is 16.5. The standard InChI is InChI=1S/C24H28N4O4/c1-15-11-19(16(2)27(15)9-6-10-32-3)22(29)14-28-23(30)21(26-24(28)31)12-17-13-25-20-8-5-4-7-18(17)20/h4-5,7-8,11,13,21,25H,6,9-10,12,14H2,1-3H3,(H,26,31)/t21-/m1/s1. The van der Waals surface area contributed by atoms with Crippen molar-refractivity contribution in [2.75, 3.05) is 20.3 Å². The van der Waals surface area contributed by atoms with Crippen LogP contribution in [0.3, 0.4) is 0 Å². The molecule has 0 unspecified atom stereocenters. The number of carbonyl (C=O) groups excluding carboxylic acids is 3. The number of imide groups is 1. The van der Waals surface area contributed by atoms with Crippen molar-refractivity contribution in [3.8, 4) is 0 Å². The van der Waals surface area contributed by atoms with E-state index in [1.165, 1.54) is 0 Å². The minimum atomic E-state index is -0.684. The molecule has 1 saturated heterocycles. The second-order valence-electron chi connectivity index (χ2n) is 8.20. The fourth-order valence-corrected chi connectivity index (χ4v) is 4.41. The Labute approximate surface area is 186 Å². The van der Waals surface area contributed by atoms with Gasteiger partial charge in [0.15, 0.2) is 5.78 Å². The number of ether oxygens (including phenoxy) is 1. The molecule has 3 heterocycles. The molecule has 1 atom stereocenters. The van der Waals surface area contributed by atoms with Crippen LogP contribution in [0.2, 0.25) is 0 Å². The Bertz CT molecular complexity index is 1180. The van der Waals surface area contributed by atoms with Gasteiger partial charge in [0.05, 0.1) is 6.54 Å². The Kier molecular flexibility index (Phi) is 6.14. The third kappa shape index (κ3) is 4.05. The number of para-hydroxylation sites is 1. The molecule has 1 aliphatic rings. The van der Waals surface area contributed by atoms with Gasteiger partial charge in [-0.3, -0.25) is 14.5 Å². The van der Waals surface area contributed by atoms with Crippen molar-refractivity contribution in [1.29, 1.82) is 0 Å². The van der Waals surface area contributed by atoms with E-state index in [0.29, 0.717) is 18.6 Å². The van der Waals surface area contributed by atoms with Crippen LogP contribution in [-0.2, 0) is 22.5 Å². The first kappa shape index (κ1) is 21.8. The maximum absolute atomic E-state index is 13.0. The Morgan fingerprint density at radius 2 is 1.97 bits per heavy atom. The van der Waals surface area contributed by atoms with Crippen LogP contribution >= 0.6 is 0 Å². The number of urea groups is 1. The summed E-state index contributed by atoms with van der Waals surface area (Å²) in [7, 11) is 1.66. The fourth-order valence-electron chi connectivity index (χ4n) is 4.41. The van der Waals surface area contributed by atoms with E-state index in [1.54, 1.807) is 7.11 Å². The van der Waals surface area contributed by atoms with Crippen molar-refractivity contribution in [2.45, 2.75) is 39.3 Å². The van der Waals surface area contributed by atoms with Gasteiger partial charge in [-0.05, 0) is 38.0 Å². The number of hydrogen-bond acceptors (Lipinski definition) is 4. The van der Waals surface area contributed by atoms with Crippen LogP contribution in [0.4, 0.5) is 4.79 Å². The highest BCUT2D eigenvalue weighted by Crippen LogP contribution is 2.22. The summed E-state index contributed by atoms with van der Waals surface area (Å²) >= 11 is 0. The molecule has 3 aromatic rings. The van der Waals surface area contributed by atoms with E-state index in [4.69, 9.17) is 4.74 Å². The molecule has 0 saturated carbocycles. The summed E-state index contributed by atoms with van der Waals surface area (Å²) in [6.07, 6.45) is 3.06. The molecule has 2 N–H and O–H groups in total. The molecule has 32 heavy (non-hydrogen) atoms. The number of Topliss-reactive ketones (excluding diaryl/α,β-unsaturated/α-hetero) is 1. The van der Waals surface area contributed by atoms with Crippen LogP contribution in [0.1, 0.15) is 33.7 Å². The summed E-state index contributed by atoms with van der Waals surface area (Å²) in [4.78, 5) is 42.6. The zero-order valence-electron chi connectivity index (χ0n) is 18.6. The second kappa shape index (κ2) is 9.00. The summed E-state index contributed by atoms with van der Waals surface area (Å²) in [5.41, 5.74) is 4.28. The van der Waals surface area contributed by atoms with Crippen LogP contribution < -0.4 is 5.32 Å². The van der Waals surface area contributed by atoms with E-state index in [9.17, 15) is 14.4 Å². The maximum atomic E-state index is 13.0. The molecular weight excluding hydrogens is 408 g/mol. The van der Waals surface area contributed by atoms with Gasteiger partial charge in [-0.1, -0.05) is 18.2 Å². The molecule has 3 amide bonds. The molecule has 1 aliphatic heterocycles. The monoisotopic (exact) mass is 436 g/mol. The summed E-state index contributed by atoms with van der Waals surface area (Å²) in [6.45, 7) is 4.95. The van der Waals surface area contributed by atoms with Crippen LogP contribution in [0.25, 0.3) is 10.9 Å². The molecule has 8 nitrogen and oxygen atoms in total. The van der Waals surface area contributed by atoms with E-state index in [0.717, 1.165) is 45.7 Å². The van der Waals surface area contributed by atoms with Crippen molar-refractivity contribution in [1.82, 2.24) is 19.8 Å². The number of rotatable bonds is 9. The predicted octanol–water partition coefficient (Wildman–Crippen LogP) is 2.97. The molecule has 2 aromatic heterocycles. The van der Waals surface area contributed by atoms with E-state index in [-0.39, 0.29) is 18.2 Å². The average molecular weight is 437 g/mol. The lowest BCUT2D eigenvalue weighted by atomic mass is 10.0. The zero-order chi connectivity index (χ0) is 22.8. The van der Waals surface area contributed by atoms with Crippen molar-refractivity contribution < 1.29 is 19.1 Å². The first-order valence-electron chi connectivity index (χ1n) is 10.8. The number of aryl methyl sites for hydroxylation is 1. The summed E-state index contributed by atoms with van der Waals surface area (Å²) < 4.78 is 7.18. The number of methoxy groups -OCH3 is 1. The number of hydrogen-bond donors (Lipinski definition) is 2. The molecule has 0 bridgehead atoms. The van der Waals surface area contributed by atoms with Gasteiger partial charge < -0.3 is 19.6 Å². The van der Waals surface area contributed by atoms with Crippen molar-refractivity contribution in [2.24, 2.45) is 0 Å². The lowest BCUT2D eigenvalue weighted by Gasteiger charge is -2.13. The van der Waals surface area contributed by atoms with Crippen LogP contribution in [0.15, 0.2) is 36.5 Å². The van der Waals surface area contributed by atoms with E-state index >= 15 is 0 Å². The van der Waals surface area contributed by atoms with E-state index < -0.39 is 12.1 Å². The third-order valence-corrected chi connectivity index (χ3v) is 6.11. The first-order chi connectivity index (χ1) is 15.4. The molecule has 8 heteroatoms. The number of aromatic nitrogens is 2. The summed E-state index contributed by atoms with van der Waals surface area (Å²) in [5.74, 6) is -0.616. The van der Waals surface area contributed by atoms with E-state index in [1.807, 2.05) is 50.4 Å². The molecule has 0 radical (unpaired) electrons. The van der Waals surface area contributed by atoms with Gasteiger partial charge in [0.1, 0.15) is 6.04 Å². The van der Waals surface area contributed by atoms with Crippen molar-refractivity contribution in [3.05, 3.63) is 59.0 Å². The largest absolute Gasteiger partial charge is 0.385 e. The minimum Gasteiger partial charge on any atom is -0.385 e. The van der Waals surface area contributed by atoms with Crippen LogP contribution in [0.5, 0.6) is 0 Å². The topological polar surface area (TPSA) is 96.4 Å². The Hall–Kier alpha value is -3.39. The molecular formula is C24H28N4O4.